The number of nitrogens with zero attached hydrogens (tertiary/aromatic N) is 3. The molecule has 1 amide bonds. The lowest BCUT2D eigenvalue weighted by atomic mass is 10.1. The van der Waals surface area contributed by atoms with Gasteiger partial charge in [0.1, 0.15) is 4.88 Å². The van der Waals surface area contributed by atoms with E-state index in [1.54, 1.807) is 11.3 Å². The van der Waals surface area contributed by atoms with Gasteiger partial charge in [0.25, 0.3) is 5.91 Å². The zero-order valence-corrected chi connectivity index (χ0v) is 20.4. The van der Waals surface area contributed by atoms with Crippen LogP contribution in [-0.4, -0.2) is 55.2 Å². The number of morpholine rings is 1. The van der Waals surface area contributed by atoms with Gasteiger partial charge in [-0.1, -0.05) is 47.2 Å². The van der Waals surface area contributed by atoms with E-state index in [4.69, 9.17) is 21.3 Å². The first-order valence-corrected chi connectivity index (χ1v) is 12.7. The quantitative estimate of drug-likeness (QED) is 0.360. The molecule has 2 aromatic carbocycles. The molecule has 0 bridgehead atoms. The zero-order chi connectivity index (χ0) is 22.2. The van der Waals surface area contributed by atoms with Crippen LogP contribution in [0.5, 0.6) is 0 Å². The van der Waals surface area contributed by atoms with Gasteiger partial charge in [-0.2, -0.15) is 0 Å². The normalized spacial score (nSPS) is 15.0. The van der Waals surface area contributed by atoms with Crippen LogP contribution in [0.4, 0.5) is 5.13 Å². The highest BCUT2D eigenvalue weighted by Gasteiger charge is 2.27. The number of fused-ring (bicyclic) bond motifs is 2. The second kappa shape index (κ2) is 9.08. The molecule has 166 valence electrons. The fraction of sp³-hybridized carbons (Fsp3) is 0.333. The van der Waals surface area contributed by atoms with E-state index in [0.29, 0.717) is 16.4 Å². The van der Waals surface area contributed by atoms with Crippen molar-refractivity contribution in [2.24, 2.45) is 0 Å². The van der Waals surface area contributed by atoms with Crippen LogP contribution in [-0.2, 0) is 4.74 Å². The number of ether oxygens (including phenoxy) is 1. The van der Waals surface area contributed by atoms with E-state index in [0.717, 1.165) is 63.8 Å². The molecule has 0 saturated carbocycles. The van der Waals surface area contributed by atoms with Gasteiger partial charge in [-0.15, -0.1) is 11.3 Å². The number of aromatic nitrogens is 1. The first-order chi connectivity index (χ1) is 15.5. The number of hydrogen-bond donors (Lipinski definition) is 0. The Labute approximate surface area is 200 Å². The summed E-state index contributed by atoms with van der Waals surface area (Å²) in [5.74, 6) is -0.0853. The summed E-state index contributed by atoms with van der Waals surface area (Å²) in [6.07, 6.45) is 0. The number of carbonyl (C=O) groups excluding carboxylic acids is 1. The van der Waals surface area contributed by atoms with E-state index < -0.39 is 0 Å². The van der Waals surface area contributed by atoms with Crippen LogP contribution in [0.25, 0.3) is 20.3 Å². The van der Waals surface area contributed by atoms with Gasteiger partial charge < -0.3 is 4.74 Å². The molecule has 5 nitrogen and oxygen atoms in total. The van der Waals surface area contributed by atoms with Crippen molar-refractivity contribution in [1.82, 2.24) is 9.88 Å². The molecule has 1 aliphatic heterocycles. The predicted octanol–water partition coefficient (Wildman–Crippen LogP) is 5.76. The molecule has 0 aliphatic carbocycles. The van der Waals surface area contributed by atoms with Gasteiger partial charge in [-0.05, 0) is 37.1 Å². The molecule has 1 fully saturated rings. The van der Waals surface area contributed by atoms with Crippen LogP contribution < -0.4 is 4.90 Å². The summed E-state index contributed by atoms with van der Waals surface area (Å²) in [6, 6.07) is 12.1. The number of thiophene rings is 1. The second-order valence-electron chi connectivity index (χ2n) is 8.00. The number of rotatable bonds is 5. The summed E-state index contributed by atoms with van der Waals surface area (Å²) in [6.45, 7) is 8.72. The molecule has 0 spiro atoms. The van der Waals surface area contributed by atoms with Gasteiger partial charge >= 0.3 is 0 Å². The number of amides is 1. The molecule has 4 aromatic rings. The number of carbonyl (C=O) groups is 1. The van der Waals surface area contributed by atoms with Gasteiger partial charge in [0.05, 0.1) is 28.5 Å². The lowest BCUT2D eigenvalue weighted by Crippen LogP contribution is -2.43. The highest BCUT2D eigenvalue weighted by atomic mass is 35.5. The van der Waals surface area contributed by atoms with E-state index in [1.807, 2.05) is 29.2 Å². The van der Waals surface area contributed by atoms with Gasteiger partial charge in [0.15, 0.2) is 5.13 Å². The molecule has 0 N–H and O–H groups in total. The highest BCUT2D eigenvalue weighted by Crippen LogP contribution is 2.38. The largest absolute Gasteiger partial charge is 0.379 e. The molecule has 2 aromatic heterocycles. The average molecular weight is 486 g/mol. The van der Waals surface area contributed by atoms with Crippen molar-refractivity contribution in [3.05, 3.63) is 57.4 Å². The minimum Gasteiger partial charge on any atom is -0.379 e. The maximum Gasteiger partial charge on any atom is 0.271 e. The van der Waals surface area contributed by atoms with Gasteiger partial charge in [-0.3, -0.25) is 14.6 Å². The Balaban J connectivity index is 1.53. The number of aryl methyl sites for hydroxylation is 2. The molecular weight excluding hydrogens is 462 g/mol. The summed E-state index contributed by atoms with van der Waals surface area (Å²) < 4.78 is 7.58. The average Bonchev–Trinajstić information content (AvgIpc) is 3.39. The van der Waals surface area contributed by atoms with E-state index >= 15 is 0 Å². The number of hydrogen-bond acceptors (Lipinski definition) is 6. The molecule has 0 unspecified atom stereocenters. The predicted molar refractivity (Wildman–Crippen MR) is 135 cm³/mol. The van der Waals surface area contributed by atoms with Gasteiger partial charge in [0, 0.05) is 36.3 Å². The number of halogens is 1. The molecule has 0 radical (unpaired) electrons. The molecule has 1 saturated heterocycles. The Morgan fingerprint density at radius 2 is 1.91 bits per heavy atom. The highest BCUT2D eigenvalue weighted by molar-refractivity contribution is 7.23. The number of thiazole rings is 1. The third kappa shape index (κ3) is 4.04. The van der Waals surface area contributed by atoms with E-state index in [9.17, 15) is 4.79 Å². The Morgan fingerprint density at radius 1 is 1.12 bits per heavy atom. The van der Waals surface area contributed by atoms with Gasteiger partial charge in [0.2, 0.25) is 0 Å². The van der Waals surface area contributed by atoms with Crippen molar-refractivity contribution in [1.29, 1.82) is 0 Å². The van der Waals surface area contributed by atoms with E-state index in [2.05, 4.69) is 30.9 Å². The number of anilines is 1. The molecule has 5 rings (SSSR count). The van der Waals surface area contributed by atoms with Crippen molar-refractivity contribution in [2.45, 2.75) is 13.8 Å². The summed E-state index contributed by atoms with van der Waals surface area (Å²) in [7, 11) is 0. The maximum absolute atomic E-state index is 13.8. The van der Waals surface area contributed by atoms with E-state index in [-0.39, 0.29) is 5.91 Å². The van der Waals surface area contributed by atoms with Crippen molar-refractivity contribution < 1.29 is 9.53 Å². The third-order valence-electron chi connectivity index (χ3n) is 6.02. The van der Waals surface area contributed by atoms with Crippen LogP contribution in [0.2, 0.25) is 5.02 Å². The zero-order valence-electron chi connectivity index (χ0n) is 18.1. The Hall–Kier alpha value is -2.03. The molecular formula is C24H24ClN3O2S2. The van der Waals surface area contributed by atoms with Crippen LogP contribution >= 0.6 is 34.3 Å². The van der Waals surface area contributed by atoms with Crippen molar-refractivity contribution >= 4 is 65.6 Å². The first-order valence-electron chi connectivity index (χ1n) is 10.7. The molecule has 0 atom stereocenters. The van der Waals surface area contributed by atoms with E-state index in [1.165, 1.54) is 16.9 Å². The Morgan fingerprint density at radius 3 is 2.69 bits per heavy atom. The lowest BCUT2D eigenvalue weighted by Gasteiger charge is -2.29. The first kappa shape index (κ1) is 21.8. The molecule has 32 heavy (non-hydrogen) atoms. The maximum atomic E-state index is 13.8. The topological polar surface area (TPSA) is 45.7 Å². The minimum atomic E-state index is -0.0853. The van der Waals surface area contributed by atoms with Crippen LogP contribution in [0.15, 0.2) is 36.4 Å². The standard InChI is InChI=1S/C24H24ClN3O2S2/c1-15-7-8-19-21(16(15)2)26-24(32-19)28(10-9-27-11-13-30-14-12-27)23(29)22-20(25)17-5-3-4-6-18(17)31-22/h3-8H,9-14H2,1-2H3. The van der Waals surface area contributed by atoms with Crippen molar-refractivity contribution in [3.8, 4) is 0 Å². The minimum absolute atomic E-state index is 0.0853. The summed E-state index contributed by atoms with van der Waals surface area (Å²) in [5, 5.41) is 2.17. The van der Waals surface area contributed by atoms with Crippen molar-refractivity contribution in [2.75, 3.05) is 44.3 Å². The van der Waals surface area contributed by atoms with Crippen LogP contribution in [0, 0.1) is 13.8 Å². The Bertz CT molecular complexity index is 1290. The molecule has 3 heterocycles. The molecule has 8 heteroatoms. The fourth-order valence-electron chi connectivity index (χ4n) is 3.95. The monoisotopic (exact) mass is 485 g/mol. The summed E-state index contributed by atoms with van der Waals surface area (Å²) in [5.41, 5.74) is 3.33. The summed E-state index contributed by atoms with van der Waals surface area (Å²) in [4.78, 5) is 23.4. The fourth-order valence-corrected chi connectivity index (χ4v) is 6.46. The number of benzene rings is 2. The third-order valence-corrected chi connectivity index (χ3v) is 8.73. The van der Waals surface area contributed by atoms with Crippen LogP contribution in [0.1, 0.15) is 20.8 Å². The molecule has 1 aliphatic rings. The van der Waals surface area contributed by atoms with Crippen LogP contribution in [0.3, 0.4) is 0 Å². The van der Waals surface area contributed by atoms with Crippen molar-refractivity contribution in [3.63, 3.8) is 0 Å². The Kier molecular flexibility index (Phi) is 6.18. The smallest absolute Gasteiger partial charge is 0.271 e. The second-order valence-corrected chi connectivity index (χ2v) is 10.4. The summed E-state index contributed by atoms with van der Waals surface area (Å²) >= 11 is 9.69. The SMILES string of the molecule is Cc1ccc2sc(N(CCN3CCOCC3)C(=O)c3sc4ccccc4c3Cl)nc2c1C. The lowest BCUT2D eigenvalue weighted by molar-refractivity contribution is 0.0391. The van der Waals surface area contributed by atoms with Gasteiger partial charge in [-0.25, -0.2) is 4.98 Å².